The number of carbonyl (C=O) groups excluding carboxylic acids is 1. The Morgan fingerprint density at radius 1 is 1.04 bits per heavy atom. The molecule has 2 nitrogen and oxygen atoms in total. The zero-order valence-electron chi connectivity index (χ0n) is 11.8. The molecule has 0 radical (unpaired) electrons. The van der Waals surface area contributed by atoms with Crippen molar-refractivity contribution in [3.05, 3.63) is 35.9 Å². The van der Waals surface area contributed by atoms with Gasteiger partial charge in [-0.05, 0) is 12.0 Å². The van der Waals surface area contributed by atoms with Crippen LogP contribution < -0.4 is 0 Å². The molecule has 1 aromatic rings. The maximum absolute atomic E-state index is 13.1. The summed E-state index contributed by atoms with van der Waals surface area (Å²) >= 11 is 0. The molecule has 0 aliphatic carbocycles. The molecule has 1 rings (SSSR count). The molecule has 9 heteroatoms. The van der Waals surface area contributed by atoms with Crippen LogP contribution in [0.15, 0.2) is 30.3 Å². The van der Waals surface area contributed by atoms with E-state index in [1.54, 1.807) is 18.2 Å². The Kier molecular flexibility index (Phi) is 5.65. The predicted octanol–water partition coefficient (Wildman–Crippen LogP) is 4.56. The van der Waals surface area contributed by atoms with Gasteiger partial charge in [0.25, 0.3) is 0 Å². The fourth-order valence-corrected chi connectivity index (χ4v) is 1.78. The first-order valence-corrected chi connectivity index (χ1v) is 6.48. The molecule has 0 spiro atoms. The summed E-state index contributed by atoms with van der Waals surface area (Å²) < 4.78 is 91.5. The molecule has 23 heavy (non-hydrogen) atoms. The van der Waals surface area contributed by atoms with Gasteiger partial charge in [0.1, 0.15) is 0 Å². The van der Waals surface area contributed by atoms with Gasteiger partial charge in [-0.15, -0.1) is 0 Å². The van der Waals surface area contributed by atoms with Gasteiger partial charge in [0.2, 0.25) is 0 Å². The Labute approximate surface area is 127 Å². The first-order valence-electron chi connectivity index (χ1n) is 6.48. The summed E-state index contributed by atoms with van der Waals surface area (Å²) in [5, 5.41) is 0. The molecular formula is C14H13F7O2. The number of carbonyl (C=O) groups is 1. The lowest BCUT2D eigenvalue weighted by Crippen LogP contribution is -2.54. The van der Waals surface area contributed by atoms with E-state index in [1.807, 2.05) is 0 Å². The summed E-state index contributed by atoms with van der Waals surface area (Å²) in [6.45, 7) is -0.844. The molecule has 0 N–H and O–H groups in total. The van der Waals surface area contributed by atoms with Gasteiger partial charge in [0.15, 0.2) is 6.61 Å². The van der Waals surface area contributed by atoms with E-state index >= 15 is 0 Å². The van der Waals surface area contributed by atoms with Crippen molar-refractivity contribution in [2.75, 3.05) is 6.61 Å². The van der Waals surface area contributed by atoms with Crippen molar-refractivity contribution in [2.45, 2.75) is 37.3 Å². The first kappa shape index (κ1) is 19.2. The average molecular weight is 346 g/mol. The van der Waals surface area contributed by atoms with Gasteiger partial charge in [0, 0.05) is 0 Å². The highest BCUT2D eigenvalue weighted by atomic mass is 19.4. The smallest absolute Gasteiger partial charge is 0.459 e. The summed E-state index contributed by atoms with van der Waals surface area (Å²) in [4.78, 5) is 11.7. The summed E-state index contributed by atoms with van der Waals surface area (Å²) in [7, 11) is 0. The average Bonchev–Trinajstić information content (AvgIpc) is 2.46. The Morgan fingerprint density at radius 2 is 1.57 bits per heavy atom. The van der Waals surface area contributed by atoms with Crippen LogP contribution >= 0.6 is 0 Å². The zero-order chi connectivity index (χ0) is 17.9. The monoisotopic (exact) mass is 346 g/mol. The fraction of sp³-hybridized carbons (Fsp3) is 0.500. The van der Waals surface area contributed by atoms with Crippen LogP contribution in [0.1, 0.15) is 24.8 Å². The normalized spacial score (nSPS) is 14.4. The van der Waals surface area contributed by atoms with Crippen LogP contribution in [0.25, 0.3) is 0 Å². The van der Waals surface area contributed by atoms with Crippen LogP contribution in [-0.2, 0) is 9.53 Å². The van der Waals surface area contributed by atoms with E-state index in [9.17, 15) is 35.5 Å². The second-order valence-corrected chi connectivity index (χ2v) is 4.76. The standard InChI is InChI=1S/C14H13F7O2/c1-2-10(9-6-4-3-5-7-9)11(22)23-8-12(15,16)13(17,18)14(19,20)21/h3-7,10H,2,8H2,1H3. The minimum Gasteiger partial charge on any atom is -0.459 e. The Balaban J connectivity index is 2.82. The van der Waals surface area contributed by atoms with Gasteiger partial charge in [-0.1, -0.05) is 37.3 Å². The SMILES string of the molecule is CCC(C(=O)OCC(F)(F)C(F)(F)C(F)(F)F)c1ccccc1. The van der Waals surface area contributed by atoms with Crippen LogP contribution in [0, 0.1) is 0 Å². The minimum absolute atomic E-state index is 0.101. The Hall–Kier alpha value is -1.80. The van der Waals surface area contributed by atoms with E-state index in [2.05, 4.69) is 4.74 Å². The van der Waals surface area contributed by atoms with Crippen LogP contribution in [-0.4, -0.2) is 30.6 Å². The predicted molar refractivity (Wildman–Crippen MR) is 66.4 cm³/mol. The lowest BCUT2D eigenvalue weighted by atomic mass is 9.97. The van der Waals surface area contributed by atoms with Gasteiger partial charge in [-0.2, -0.15) is 30.7 Å². The molecular weight excluding hydrogens is 333 g/mol. The number of esters is 1. The summed E-state index contributed by atoms with van der Waals surface area (Å²) in [5.41, 5.74) is 0.380. The van der Waals surface area contributed by atoms with Crippen LogP contribution in [0.2, 0.25) is 0 Å². The van der Waals surface area contributed by atoms with E-state index in [0.717, 1.165) is 0 Å². The maximum atomic E-state index is 13.1. The number of hydrogen-bond acceptors (Lipinski definition) is 2. The molecule has 0 aromatic heterocycles. The molecule has 1 unspecified atom stereocenters. The van der Waals surface area contributed by atoms with Crippen molar-refractivity contribution in [1.82, 2.24) is 0 Å². The van der Waals surface area contributed by atoms with E-state index in [4.69, 9.17) is 0 Å². The largest absolute Gasteiger partial charge is 0.460 e. The number of halogens is 7. The van der Waals surface area contributed by atoms with Crippen molar-refractivity contribution in [1.29, 1.82) is 0 Å². The topological polar surface area (TPSA) is 26.3 Å². The van der Waals surface area contributed by atoms with Gasteiger partial charge in [-0.25, -0.2) is 0 Å². The highest BCUT2D eigenvalue weighted by molar-refractivity contribution is 5.78. The summed E-state index contributed by atoms with van der Waals surface area (Å²) in [5.74, 6) is -14.2. The van der Waals surface area contributed by atoms with Gasteiger partial charge >= 0.3 is 24.0 Å². The van der Waals surface area contributed by atoms with E-state index in [0.29, 0.717) is 5.56 Å². The molecule has 130 valence electrons. The first-order chi connectivity index (χ1) is 10.4. The molecule has 0 saturated carbocycles. The third-order valence-electron chi connectivity index (χ3n) is 3.11. The van der Waals surface area contributed by atoms with Crippen molar-refractivity contribution in [2.24, 2.45) is 0 Å². The van der Waals surface area contributed by atoms with Crippen LogP contribution in [0.4, 0.5) is 30.7 Å². The molecule has 0 amide bonds. The lowest BCUT2D eigenvalue weighted by Gasteiger charge is -2.28. The van der Waals surface area contributed by atoms with E-state index in [1.165, 1.54) is 19.1 Å². The molecule has 0 heterocycles. The summed E-state index contributed by atoms with van der Waals surface area (Å²) in [6.07, 6.45) is -6.35. The highest BCUT2D eigenvalue weighted by Crippen LogP contribution is 2.46. The zero-order valence-corrected chi connectivity index (χ0v) is 11.8. The van der Waals surface area contributed by atoms with Crippen molar-refractivity contribution >= 4 is 5.97 Å². The van der Waals surface area contributed by atoms with Gasteiger partial charge in [0.05, 0.1) is 5.92 Å². The minimum atomic E-state index is -6.45. The van der Waals surface area contributed by atoms with Crippen LogP contribution in [0.3, 0.4) is 0 Å². The summed E-state index contributed by atoms with van der Waals surface area (Å²) in [6, 6.07) is 7.70. The number of benzene rings is 1. The van der Waals surface area contributed by atoms with Gasteiger partial charge in [-0.3, -0.25) is 4.79 Å². The number of hydrogen-bond donors (Lipinski definition) is 0. The third kappa shape index (κ3) is 4.14. The van der Waals surface area contributed by atoms with E-state index < -0.39 is 36.5 Å². The maximum Gasteiger partial charge on any atom is 0.460 e. The number of rotatable bonds is 6. The number of alkyl halides is 7. The second kappa shape index (κ2) is 6.76. The van der Waals surface area contributed by atoms with Crippen molar-refractivity contribution in [3.8, 4) is 0 Å². The van der Waals surface area contributed by atoms with Gasteiger partial charge < -0.3 is 4.74 Å². The molecule has 1 aromatic carbocycles. The third-order valence-corrected chi connectivity index (χ3v) is 3.11. The highest BCUT2D eigenvalue weighted by Gasteiger charge is 2.73. The molecule has 0 aliphatic heterocycles. The van der Waals surface area contributed by atoms with Crippen LogP contribution in [0.5, 0.6) is 0 Å². The van der Waals surface area contributed by atoms with Crippen molar-refractivity contribution in [3.63, 3.8) is 0 Å². The molecule has 0 saturated heterocycles. The van der Waals surface area contributed by atoms with E-state index in [-0.39, 0.29) is 6.42 Å². The quantitative estimate of drug-likeness (QED) is 0.558. The number of ether oxygens (including phenoxy) is 1. The molecule has 0 fully saturated rings. The Morgan fingerprint density at radius 3 is 2.00 bits per heavy atom. The van der Waals surface area contributed by atoms with Crippen molar-refractivity contribution < 1.29 is 40.3 Å². The molecule has 1 atom stereocenters. The molecule has 0 bridgehead atoms. The lowest BCUT2D eigenvalue weighted by molar-refractivity contribution is -0.359. The Bertz CT molecular complexity index is 526. The fourth-order valence-electron chi connectivity index (χ4n) is 1.78. The second-order valence-electron chi connectivity index (χ2n) is 4.76. The molecule has 0 aliphatic rings.